The van der Waals surface area contributed by atoms with Gasteiger partial charge in [-0.1, -0.05) is 107 Å². The maximum absolute atomic E-state index is 4.95. The van der Waals surface area contributed by atoms with Gasteiger partial charge in [0.05, 0.1) is 17.6 Å². The maximum atomic E-state index is 4.95. The number of aromatic nitrogens is 2. The molecule has 4 aromatic carbocycles. The van der Waals surface area contributed by atoms with Crippen LogP contribution in [0.2, 0.25) is 0 Å². The quantitative estimate of drug-likeness (QED) is 0.196. The molecule has 9 rings (SSSR count). The van der Waals surface area contributed by atoms with Crippen molar-refractivity contribution in [2.75, 3.05) is 14.7 Å². The summed E-state index contributed by atoms with van der Waals surface area (Å²) in [5.74, 6) is 2.71. The van der Waals surface area contributed by atoms with Crippen molar-refractivity contribution in [3.05, 3.63) is 150 Å². The highest BCUT2D eigenvalue weighted by atomic mass is 15.5. The molecule has 4 aliphatic heterocycles. The van der Waals surface area contributed by atoms with Crippen LogP contribution in [-0.2, 0) is 5.66 Å². The minimum absolute atomic E-state index is 0.0377. The monoisotopic (exact) mass is 616 g/mol. The summed E-state index contributed by atoms with van der Waals surface area (Å²) in [6, 6.07) is 35.8. The van der Waals surface area contributed by atoms with Gasteiger partial charge in [-0.2, -0.15) is 0 Å². The van der Waals surface area contributed by atoms with Gasteiger partial charge in [-0.15, -0.1) is 0 Å². The Balaban J connectivity index is 1.26. The Hall–Kier alpha value is -5.10. The first-order valence-electron chi connectivity index (χ1n) is 16.9. The summed E-state index contributed by atoms with van der Waals surface area (Å²) in [7, 11) is 0. The van der Waals surface area contributed by atoms with Crippen molar-refractivity contribution in [1.29, 1.82) is 0 Å². The molecule has 0 saturated carbocycles. The van der Waals surface area contributed by atoms with Crippen LogP contribution in [0.15, 0.2) is 122 Å². The number of para-hydroxylation sites is 3. The van der Waals surface area contributed by atoms with Crippen LogP contribution in [-0.4, -0.2) is 21.0 Å². The van der Waals surface area contributed by atoms with Crippen LogP contribution in [0.3, 0.4) is 0 Å². The predicted molar refractivity (Wildman–Crippen MR) is 190 cm³/mol. The average Bonchev–Trinajstić information content (AvgIpc) is 3.79. The Morgan fingerprint density at radius 2 is 1.26 bits per heavy atom. The molecule has 3 unspecified atom stereocenters. The number of hydrogen-bond acceptors (Lipinski definition) is 6. The van der Waals surface area contributed by atoms with Crippen molar-refractivity contribution in [1.82, 2.24) is 14.9 Å². The summed E-state index contributed by atoms with van der Waals surface area (Å²) < 4.78 is 0. The van der Waals surface area contributed by atoms with E-state index in [1.807, 2.05) is 12.4 Å². The summed E-state index contributed by atoms with van der Waals surface area (Å²) >= 11 is 0. The third kappa shape index (κ3) is 3.72. The number of benzene rings is 4. The second-order valence-electron chi connectivity index (χ2n) is 14.0. The molecule has 0 fully saturated rings. The minimum atomic E-state index is -0.405. The van der Waals surface area contributed by atoms with Gasteiger partial charge < -0.3 is 19.6 Å². The Morgan fingerprint density at radius 3 is 1.96 bits per heavy atom. The molecule has 6 heteroatoms. The minimum Gasteiger partial charge on any atom is -0.342 e. The van der Waals surface area contributed by atoms with E-state index in [4.69, 9.17) is 9.97 Å². The standard InChI is InChI=1S/C41H40N6/c1-26(2)29-18-13-19-30(27(3)4)36(29)44-24-25-45-37(31-16-9-11-20-33(31)41(44,45)5)35-32-17-10-12-21-34(32)47-39-38(42-22-23-43-39)46(40(35)47)28-14-7-6-8-15-28/h6-27,35,37,40H,1-5H3/t35-,37?,40?,41?/m1/s1. The molecule has 5 aromatic rings. The second kappa shape index (κ2) is 10.2. The molecule has 0 saturated heterocycles. The molecular weight excluding hydrogens is 576 g/mol. The topological polar surface area (TPSA) is 38.7 Å². The normalized spacial score (nSPS) is 23.4. The van der Waals surface area contributed by atoms with Crippen molar-refractivity contribution in [3.63, 3.8) is 0 Å². The molecule has 4 aliphatic rings. The van der Waals surface area contributed by atoms with E-state index in [0.29, 0.717) is 11.8 Å². The molecule has 0 bridgehead atoms. The molecule has 0 aliphatic carbocycles. The van der Waals surface area contributed by atoms with Crippen molar-refractivity contribution in [2.45, 2.75) is 70.2 Å². The fourth-order valence-electron chi connectivity index (χ4n) is 8.92. The highest BCUT2D eigenvalue weighted by Gasteiger charge is 2.60. The molecule has 0 N–H and O–H groups in total. The molecule has 6 nitrogen and oxygen atoms in total. The van der Waals surface area contributed by atoms with Crippen LogP contribution in [0.1, 0.15) is 86.2 Å². The van der Waals surface area contributed by atoms with Gasteiger partial charge in [-0.05, 0) is 59.2 Å². The summed E-state index contributed by atoms with van der Waals surface area (Å²) in [4.78, 5) is 20.0. The molecule has 234 valence electrons. The molecule has 5 heterocycles. The highest BCUT2D eigenvalue weighted by Crippen LogP contribution is 2.64. The largest absolute Gasteiger partial charge is 0.342 e. The Labute approximate surface area is 277 Å². The number of anilines is 5. The molecule has 0 radical (unpaired) electrons. The first-order chi connectivity index (χ1) is 22.9. The van der Waals surface area contributed by atoms with Crippen molar-refractivity contribution < 1.29 is 0 Å². The Kier molecular flexibility index (Phi) is 6.11. The van der Waals surface area contributed by atoms with Gasteiger partial charge in [0.25, 0.3) is 0 Å². The van der Waals surface area contributed by atoms with Gasteiger partial charge in [-0.25, -0.2) is 9.97 Å². The molecule has 47 heavy (non-hydrogen) atoms. The lowest BCUT2D eigenvalue weighted by atomic mass is 9.85. The lowest BCUT2D eigenvalue weighted by Crippen LogP contribution is -2.48. The lowest BCUT2D eigenvalue weighted by molar-refractivity contribution is 0.142. The number of hydrogen-bond donors (Lipinski definition) is 0. The van der Waals surface area contributed by atoms with Crippen LogP contribution in [0.4, 0.5) is 28.7 Å². The molecule has 0 spiro atoms. The highest BCUT2D eigenvalue weighted by molar-refractivity contribution is 5.88. The van der Waals surface area contributed by atoms with Gasteiger partial charge >= 0.3 is 0 Å². The van der Waals surface area contributed by atoms with Gasteiger partial charge in [0, 0.05) is 41.7 Å². The van der Waals surface area contributed by atoms with Crippen LogP contribution in [0.25, 0.3) is 0 Å². The summed E-state index contributed by atoms with van der Waals surface area (Å²) in [5, 5.41) is 0. The summed E-state index contributed by atoms with van der Waals surface area (Å²) in [6.45, 7) is 11.7. The smallest absolute Gasteiger partial charge is 0.178 e. The van der Waals surface area contributed by atoms with E-state index in [1.54, 1.807) is 0 Å². The van der Waals surface area contributed by atoms with Gasteiger partial charge in [0.1, 0.15) is 11.8 Å². The van der Waals surface area contributed by atoms with Crippen molar-refractivity contribution >= 4 is 28.7 Å². The predicted octanol–water partition coefficient (Wildman–Crippen LogP) is 9.66. The fraction of sp³-hybridized carbons (Fsp3) is 0.268. The zero-order chi connectivity index (χ0) is 32.0. The maximum Gasteiger partial charge on any atom is 0.178 e. The number of rotatable bonds is 5. The van der Waals surface area contributed by atoms with E-state index in [1.165, 1.54) is 39.2 Å². The third-order valence-electron chi connectivity index (χ3n) is 10.9. The molecule has 4 atom stereocenters. The Morgan fingerprint density at radius 1 is 0.638 bits per heavy atom. The first kappa shape index (κ1) is 28.1. The van der Waals surface area contributed by atoms with Crippen LogP contribution in [0.5, 0.6) is 0 Å². The van der Waals surface area contributed by atoms with Crippen LogP contribution >= 0.6 is 0 Å². The Bertz CT molecular complexity index is 1990. The molecule has 0 amide bonds. The third-order valence-corrected chi connectivity index (χ3v) is 10.9. The van der Waals surface area contributed by atoms with E-state index in [9.17, 15) is 0 Å². The van der Waals surface area contributed by atoms with E-state index >= 15 is 0 Å². The zero-order valence-corrected chi connectivity index (χ0v) is 27.6. The van der Waals surface area contributed by atoms with Gasteiger partial charge in [0.15, 0.2) is 11.6 Å². The average molecular weight is 617 g/mol. The van der Waals surface area contributed by atoms with E-state index in [-0.39, 0.29) is 18.1 Å². The molecular formula is C41H40N6. The van der Waals surface area contributed by atoms with E-state index in [0.717, 1.165) is 17.3 Å². The van der Waals surface area contributed by atoms with Gasteiger partial charge in [0.2, 0.25) is 0 Å². The second-order valence-corrected chi connectivity index (χ2v) is 14.0. The van der Waals surface area contributed by atoms with E-state index < -0.39 is 5.66 Å². The summed E-state index contributed by atoms with van der Waals surface area (Å²) in [5.41, 5.74) is 10.1. The lowest BCUT2D eigenvalue weighted by Gasteiger charge is -2.44. The SMILES string of the molecule is CC(C)c1cccc(C(C)C)c1N1C=CN2C([C@H]3c4ccccc4N4c5nccnc5N(c5ccccc5)C34)c3ccccc3C12C. The fourth-order valence-corrected chi connectivity index (χ4v) is 8.92. The van der Waals surface area contributed by atoms with Crippen molar-refractivity contribution in [3.8, 4) is 0 Å². The van der Waals surface area contributed by atoms with Crippen LogP contribution in [0, 0.1) is 0 Å². The zero-order valence-electron chi connectivity index (χ0n) is 27.6. The van der Waals surface area contributed by atoms with Crippen LogP contribution < -0.4 is 14.7 Å². The molecule has 1 aromatic heterocycles. The number of nitrogens with zero attached hydrogens (tertiary/aromatic N) is 6. The van der Waals surface area contributed by atoms with Crippen molar-refractivity contribution in [2.24, 2.45) is 0 Å². The summed E-state index contributed by atoms with van der Waals surface area (Å²) in [6.07, 6.45) is 8.31. The van der Waals surface area contributed by atoms with Gasteiger partial charge in [-0.3, -0.25) is 0 Å². The number of fused-ring (bicyclic) bond motifs is 8. The first-order valence-corrected chi connectivity index (χ1v) is 16.9. The van der Waals surface area contributed by atoms with E-state index in [2.05, 4.69) is 164 Å².